The maximum Gasteiger partial charge on any atom is 0.252 e. The number of amides is 1. The first-order valence-corrected chi connectivity index (χ1v) is 7.42. The highest BCUT2D eigenvalue weighted by Crippen LogP contribution is 2.24. The van der Waals surface area contributed by atoms with Crippen molar-refractivity contribution >= 4 is 21.8 Å². The molecular weight excluding hydrogens is 290 g/mol. The molecule has 1 aliphatic rings. The summed E-state index contributed by atoms with van der Waals surface area (Å²) in [5, 5.41) is 3.16. The van der Waals surface area contributed by atoms with Gasteiger partial charge in [0.1, 0.15) is 0 Å². The first kappa shape index (κ1) is 13.6. The quantitative estimate of drug-likeness (QED) is 0.876. The van der Waals surface area contributed by atoms with Crippen LogP contribution in [0.25, 0.3) is 0 Å². The lowest BCUT2D eigenvalue weighted by atomic mass is 9.87. The van der Waals surface area contributed by atoms with Crippen LogP contribution in [0, 0.1) is 12.8 Å². The third-order valence-electron chi connectivity index (χ3n) is 3.64. The molecule has 98 valence electrons. The molecule has 0 aromatic heterocycles. The molecule has 1 saturated carbocycles. The van der Waals surface area contributed by atoms with Crippen LogP contribution >= 0.6 is 15.9 Å². The second kappa shape index (κ2) is 5.87. The smallest absolute Gasteiger partial charge is 0.252 e. The summed E-state index contributed by atoms with van der Waals surface area (Å²) in [4.78, 5) is 12.3. The van der Waals surface area contributed by atoms with Gasteiger partial charge in [0.05, 0.1) is 5.56 Å². The fourth-order valence-electron chi connectivity index (χ4n) is 2.64. The first-order chi connectivity index (χ1) is 8.56. The standard InChI is InChI=1S/C15H20BrNO/c1-10-4-3-5-12(8-10)17-15(18)13-9-11(2)6-7-14(13)16/h6-7,9-10,12H,3-5,8H2,1-2H3,(H,17,18). The van der Waals surface area contributed by atoms with E-state index in [1.54, 1.807) is 0 Å². The zero-order valence-corrected chi connectivity index (χ0v) is 12.6. The molecule has 1 amide bonds. The van der Waals surface area contributed by atoms with Crippen molar-refractivity contribution in [3.63, 3.8) is 0 Å². The molecule has 3 heteroatoms. The van der Waals surface area contributed by atoms with Gasteiger partial charge in [0.15, 0.2) is 0 Å². The Balaban J connectivity index is 2.05. The Morgan fingerprint density at radius 3 is 2.89 bits per heavy atom. The number of halogens is 1. The molecule has 0 heterocycles. The fraction of sp³-hybridized carbons (Fsp3) is 0.533. The van der Waals surface area contributed by atoms with Crippen molar-refractivity contribution in [2.24, 2.45) is 5.92 Å². The largest absolute Gasteiger partial charge is 0.349 e. The van der Waals surface area contributed by atoms with Crippen molar-refractivity contribution in [2.75, 3.05) is 0 Å². The van der Waals surface area contributed by atoms with Crippen LogP contribution in [-0.2, 0) is 0 Å². The second-order valence-corrected chi connectivity index (χ2v) is 6.28. The van der Waals surface area contributed by atoms with Gasteiger partial charge in [0.2, 0.25) is 0 Å². The molecule has 1 N–H and O–H groups in total. The number of hydrogen-bond donors (Lipinski definition) is 1. The summed E-state index contributed by atoms with van der Waals surface area (Å²) in [7, 11) is 0. The third-order valence-corrected chi connectivity index (χ3v) is 4.33. The summed E-state index contributed by atoms with van der Waals surface area (Å²) in [5.41, 5.74) is 1.86. The molecule has 2 rings (SSSR count). The molecule has 18 heavy (non-hydrogen) atoms. The predicted molar refractivity (Wildman–Crippen MR) is 77.8 cm³/mol. The van der Waals surface area contributed by atoms with Gasteiger partial charge in [-0.25, -0.2) is 0 Å². The van der Waals surface area contributed by atoms with Crippen LogP contribution in [0.2, 0.25) is 0 Å². The normalized spacial score (nSPS) is 23.7. The number of nitrogens with one attached hydrogen (secondary N) is 1. The molecule has 2 nitrogen and oxygen atoms in total. The van der Waals surface area contributed by atoms with E-state index in [-0.39, 0.29) is 5.91 Å². The molecule has 0 aliphatic heterocycles. The first-order valence-electron chi connectivity index (χ1n) is 6.63. The van der Waals surface area contributed by atoms with Crippen molar-refractivity contribution in [1.82, 2.24) is 5.32 Å². The Morgan fingerprint density at radius 2 is 2.17 bits per heavy atom. The van der Waals surface area contributed by atoms with E-state index in [0.29, 0.717) is 6.04 Å². The van der Waals surface area contributed by atoms with E-state index in [1.807, 2.05) is 25.1 Å². The number of rotatable bonds is 2. The summed E-state index contributed by atoms with van der Waals surface area (Å²) < 4.78 is 0.870. The van der Waals surface area contributed by atoms with Crippen LogP contribution < -0.4 is 5.32 Å². The van der Waals surface area contributed by atoms with E-state index in [0.717, 1.165) is 34.4 Å². The highest BCUT2D eigenvalue weighted by atomic mass is 79.9. The Hall–Kier alpha value is -0.830. The monoisotopic (exact) mass is 309 g/mol. The van der Waals surface area contributed by atoms with Crippen molar-refractivity contribution in [3.05, 3.63) is 33.8 Å². The van der Waals surface area contributed by atoms with E-state index >= 15 is 0 Å². The van der Waals surface area contributed by atoms with Crippen molar-refractivity contribution < 1.29 is 4.79 Å². The van der Waals surface area contributed by atoms with E-state index in [9.17, 15) is 4.79 Å². The second-order valence-electron chi connectivity index (χ2n) is 5.43. The SMILES string of the molecule is Cc1ccc(Br)c(C(=O)NC2CCCC(C)C2)c1. The topological polar surface area (TPSA) is 29.1 Å². The molecule has 1 aromatic carbocycles. The van der Waals surface area contributed by atoms with Gasteiger partial charge in [-0.3, -0.25) is 4.79 Å². The fourth-order valence-corrected chi connectivity index (χ4v) is 3.07. The molecule has 0 spiro atoms. The van der Waals surface area contributed by atoms with Gasteiger partial charge in [-0.05, 0) is 53.7 Å². The average molecular weight is 310 g/mol. The number of carbonyl (C=O) groups excluding carboxylic acids is 1. The number of carbonyl (C=O) groups is 1. The minimum Gasteiger partial charge on any atom is -0.349 e. The molecule has 1 fully saturated rings. The molecule has 0 radical (unpaired) electrons. The number of aryl methyl sites for hydroxylation is 1. The lowest BCUT2D eigenvalue weighted by Crippen LogP contribution is -2.38. The van der Waals surface area contributed by atoms with Gasteiger partial charge >= 0.3 is 0 Å². The van der Waals surface area contributed by atoms with Crippen molar-refractivity contribution in [2.45, 2.75) is 45.6 Å². The Morgan fingerprint density at radius 1 is 1.39 bits per heavy atom. The highest BCUT2D eigenvalue weighted by Gasteiger charge is 2.21. The third kappa shape index (κ3) is 3.35. The molecular formula is C15H20BrNO. The van der Waals surface area contributed by atoms with E-state index in [2.05, 4.69) is 28.2 Å². The van der Waals surface area contributed by atoms with Gasteiger partial charge in [-0.2, -0.15) is 0 Å². The zero-order chi connectivity index (χ0) is 13.1. The maximum atomic E-state index is 12.3. The van der Waals surface area contributed by atoms with Gasteiger partial charge in [-0.1, -0.05) is 31.4 Å². The zero-order valence-electron chi connectivity index (χ0n) is 11.0. The van der Waals surface area contributed by atoms with Crippen molar-refractivity contribution in [1.29, 1.82) is 0 Å². The summed E-state index contributed by atoms with van der Waals surface area (Å²) in [6.45, 7) is 4.27. The minimum atomic E-state index is 0.0460. The van der Waals surface area contributed by atoms with Crippen LogP contribution in [0.3, 0.4) is 0 Å². The maximum absolute atomic E-state index is 12.3. The molecule has 2 unspecified atom stereocenters. The highest BCUT2D eigenvalue weighted by molar-refractivity contribution is 9.10. The lowest BCUT2D eigenvalue weighted by Gasteiger charge is -2.27. The molecule has 0 bridgehead atoms. The van der Waals surface area contributed by atoms with Gasteiger partial charge < -0.3 is 5.32 Å². The Labute approximate surface area is 117 Å². The predicted octanol–water partition coefficient (Wildman–Crippen LogP) is 4.07. The Kier molecular flexibility index (Phi) is 4.44. The summed E-state index contributed by atoms with van der Waals surface area (Å²) in [5.74, 6) is 0.773. The molecule has 1 aromatic rings. The average Bonchev–Trinajstić information content (AvgIpc) is 2.32. The number of hydrogen-bond acceptors (Lipinski definition) is 1. The van der Waals surface area contributed by atoms with Gasteiger partial charge in [0, 0.05) is 10.5 Å². The van der Waals surface area contributed by atoms with E-state index in [4.69, 9.17) is 0 Å². The van der Waals surface area contributed by atoms with E-state index < -0.39 is 0 Å². The molecule has 0 saturated heterocycles. The molecule has 1 aliphatic carbocycles. The summed E-state index contributed by atoms with van der Waals surface area (Å²) >= 11 is 3.45. The Bertz CT molecular complexity index is 444. The van der Waals surface area contributed by atoms with Crippen LogP contribution in [0.4, 0.5) is 0 Å². The number of benzene rings is 1. The van der Waals surface area contributed by atoms with Crippen LogP contribution in [0.15, 0.2) is 22.7 Å². The van der Waals surface area contributed by atoms with Gasteiger partial charge in [-0.15, -0.1) is 0 Å². The van der Waals surface area contributed by atoms with E-state index in [1.165, 1.54) is 12.8 Å². The van der Waals surface area contributed by atoms with Crippen LogP contribution in [0.5, 0.6) is 0 Å². The van der Waals surface area contributed by atoms with Gasteiger partial charge in [0.25, 0.3) is 5.91 Å². The minimum absolute atomic E-state index is 0.0460. The molecule has 2 atom stereocenters. The van der Waals surface area contributed by atoms with Crippen molar-refractivity contribution in [3.8, 4) is 0 Å². The lowest BCUT2D eigenvalue weighted by molar-refractivity contribution is 0.0920. The summed E-state index contributed by atoms with van der Waals surface area (Å²) in [6.07, 6.45) is 4.73. The van der Waals surface area contributed by atoms with Crippen LogP contribution in [-0.4, -0.2) is 11.9 Å². The van der Waals surface area contributed by atoms with Crippen LogP contribution in [0.1, 0.15) is 48.5 Å². The summed E-state index contributed by atoms with van der Waals surface area (Å²) in [6, 6.07) is 6.22.